The third-order valence-corrected chi connectivity index (χ3v) is 24.5. The number of fused-ring (bicyclic) bond motifs is 2. The van der Waals surface area contributed by atoms with Gasteiger partial charge in [-0.25, -0.2) is 0 Å². The van der Waals surface area contributed by atoms with Crippen molar-refractivity contribution in [2.45, 2.75) is 225 Å². The van der Waals surface area contributed by atoms with E-state index in [4.69, 9.17) is 28.4 Å². The quantitative estimate of drug-likeness (QED) is 0.322. The lowest BCUT2D eigenvalue weighted by Gasteiger charge is -2.77. The number of phenolic OH excluding ortho intramolecular Hbond substituents is 1. The smallest absolute Gasteiger partial charge is 0.165 e. The van der Waals surface area contributed by atoms with Gasteiger partial charge in [-0.3, -0.25) is 9.80 Å². The van der Waals surface area contributed by atoms with E-state index in [0.29, 0.717) is 37.3 Å². The van der Waals surface area contributed by atoms with E-state index >= 15 is 0 Å². The van der Waals surface area contributed by atoms with Crippen LogP contribution in [-0.2, 0) is 42.6 Å². The number of hydrogen-bond donors (Lipinski definition) is 1. The number of hydrogen-bond acceptors (Lipinski definition) is 9. The van der Waals surface area contributed by atoms with E-state index in [0.717, 1.165) is 56.2 Å². The first kappa shape index (κ1) is 47.3. The fourth-order valence-electron chi connectivity index (χ4n) is 20.2. The minimum Gasteiger partial charge on any atom is -0.504 e. The van der Waals surface area contributed by atoms with Crippen molar-refractivity contribution in [3.8, 4) is 17.2 Å². The molecule has 4 saturated heterocycles. The molecule has 384 valence electrons. The lowest BCUT2D eigenvalue weighted by Crippen LogP contribution is -2.84. The topological polar surface area (TPSA) is 82.1 Å². The van der Waals surface area contributed by atoms with Gasteiger partial charge >= 0.3 is 0 Å². The second kappa shape index (κ2) is 14.3. The summed E-state index contributed by atoms with van der Waals surface area (Å²) >= 11 is 0. The molecule has 10 aliphatic carbocycles. The standard InChI is InChI=1S/C30H41NO3.C29H39NO4.2CH4/c1-18-6-9-20-14-22-28-10-11-30(21(15-28)27(5,26(2,3)4)32-17-33-30)25-29(28,23(20)24(18)34-25)12-13-31(22)16-19-7-8-19;1-25(2,3)26(4)20-14-27-9-10-29(20,33-16-32-26)24-28(27)11-12-30(15-17-5-6-17)21(27)13-18-7-8-19(31)23(34-24)22(18)28;;/h6,9,19,21-22,25H,7-8,10-17H2,1-5H3;7-8,17,20-21,24,31H,5-6,9-16H2,1-4H3;2*1H4/t21-,22-,25-,27+,28-,29+,30?;20-,21-,24-,26+,27-,28+,29?;;/m11../s1. The molecule has 6 aliphatic heterocycles. The van der Waals surface area contributed by atoms with Crippen molar-refractivity contribution in [1.82, 2.24) is 9.80 Å². The first-order chi connectivity index (χ1) is 32.3. The lowest BCUT2D eigenvalue weighted by molar-refractivity contribution is -0.389. The summed E-state index contributed by atoms with van der Waals surface area (Å²) in [6, 6.07) is 10.0. The van der Waals surface area contributed by atoms with E-state index in [1.165, 1.54) is 99.9 Å². The van der Waals surface area contributed by atoms with E-state index in [1.807, 2.05) is 6.07 Å². The van der Waals surface area contributed by atoms with Crippen molar-refractivity contribution < 1.29 is 33.5 Å². The van der Waals surface area contributed by atoms with E-state index < -0.39 is 0 Å². The van der Waals surface area contributed by atoms with Crippen molar-refractivity contribution in [2.75, 3.05) is 39.8 Å². The first-order valence-electron chi connectivity index (χ1n) is 27.7. The highest BCUT2D eigenvalue weighted by molar-refractivity contribution is 5.64. The zero-order valence-electron chi connectivity index (χ0n) is 42.9. The Morgan fingerprint density at radius 2 is 1.03 bits per heavy atom. The number of phenols is 1. The van der Waals surface area contributed by atoms with Crippen LogP contribution in [0.2, 0.25) is 0 Å². The van der Waals surface area contributed by atoms with Gasteiger partial charge < -0.3 is 33.5 Å². The SMILES string of the molecule is C.C.CC(C)(C)[C@@]1(C)OCOC23CC[C@@]4(C[C@@H]21)[C@H]1Cc2ccc(O)c5c2[C@@]4(CCN1CC1CC1)[C@H]3O5.Cc1ccc2c3c1O[C@H]1C45CC[C@@]6(C[C@@H]4[C@@](C)(C(C)(C)C)OCO5)[C@@H](C2)N(CC2CC2)CC[C@]316. The molecule has 0 amide bonds. The summed E-state index contributed by atoms with van der Waals surface area (Å²) < 4.78 is 41.1. The van der Waals surface area contributed by atoms with Crippen LogP contribution < -0.4 is 9.47 Å². The summed E-state index contributed by atoms with van der Waals surface area (Å²) in [6.45, 7) is 26.8. The van der Waals surface area contributed by atoms with E-state index in [-0.39, 0.29) is 87.9 Å². The molecule has 0 radical (unpaired) electrons. The largest absolute Gasteiger partial charge is 0.504 e. The lowest BCUT2D eigenvalue weighted by atomic mass is 9.33. The maximum absolute atomic E-state index is 11.0. The van der Waals surface area contributed by atoms with Gasteiger partial charge in [0, 0.05) is 69.8 Å². The van der Waals surface area contributed by atoms with Crippen LogP contribution in [0.25, 0.3) is 0 Å². The molecule has 18 rings (SSSR count). The minimum absolute atomic E-state index is 0. The van der Waals surface area contributed by atoms with Crippen LogP contribution in [0, 0.1) is 52.3 Å². The van der Waals surface area contributed by atoms with Crippen LogP contribution >= 0.6 is 0 Å². The summed E-state index contributed by atoms with van der Waals surface area (Å²) in [6.07, 6.45) is 17.4. The number of aromatic hydroxyl groups is 1. The molecule has 9 nitrogen and oxygen atoms in total. The minimum atomic E-state index is -0.356. The van der Waals surface area contributed by atoms with Crippen molar-refractivity contribution in [2.24, 2.45) is 45.3 Å². The molecule has 2 aromatic carbocycles. The number of likely N-dealkylation sites (tertiary alicyclic amines) is 2. The van der Waals surface area contributed by atoms with Gasteiger partial charge in [0.05, 0.1) is 11.2 Å². The third kappa shape index (κ3) is 5.19. The van der Waals surface area contributed by atoms with Crippen LogP contribution in [0.1, 0.15) is 175 Å². The highest BCUT2D eigenvalue weighted by atomic mass is 16.7. The maximum atomic E-state index is 11.0. The zero-order chi connectivity index (χ0) is 46.6. The number of rotatable bonds is 4. The highest BCUT2D eigenvalue weighted by Gasteiger charge is 2.85. The first-order valence-corrected chi connectivity index (χ1v) is 27.7. The highest BCUT2D eigenvalue weighted by Crippen LogP contribution is 2.81. The average Bonchev–Trinajstić information content (AvgIpc) is 4.23. The van der Waals surface area contributed by atoms with Gasteiger partial charge in [0.15, 0.2) is 11.5 Å². The Hall–Kier alpha value is -2.40. The van der Waals surface area contributed by atoms with Crippen molar-refractivity contribution in [3.63, 3.8) is 0 Å². The van der Waals surface area contributed by atoms with Gasteiger partial charge in [-0.15, -0.1) is 0 Å². The number of benzene rings is 2. The van der Waals surface area contributed by atoms with Crippen molar-refractivity contribution in [1.29, 1.82) is 0 Å². The van der Waals surface area contributed by atoms with Gasteiger partial charge in [-0.1, -0.05) is 74.6 Å². The Labute approximate surface area is 420 Å². The van der Waals surface area contributed by atoms with Crippen molar-refractivity contribution in [3.05, 3.63) is 52.1 Å². The van der Waals surface area contributed by atoms with Crippen LogP contribution in [0.4, 0.5) is 0 Å². The molecule has 2 aromatic rings. The fraction of sp³-hybridized carbons (Fsp3) is 0.803. The zero-order valence-corrected chi connectivity index (χ0v) is 42.9. The Morgan fingerprint density at radius 3 is 1.49 bits per heavy atom. The van der Waals surface area contributed by atoms with Crippen LogP contribution in [0.5, 0.6) is 17.2 Å². The van der Waals surface area contributed by atoms with E-state index in [1.54, 1.807) is 11.1 Å². The van der Waals surface area contributed by atoms with E-state index in [2.05, 4.69) is 90.3 Å². The number of nitrogens with zero attached hydrogens (tertiary/aromatic N) is 2. The second-order valence-electron chi connectivity index (χ2n) is 28.2. The number of piperidine rings is 2. The summed E-state index contributed by atoms with van der Waals surface area (Å²) in [5.41, 5.74) is 6.66. The molecule has 16 aliphatic rings. The molecule has 1 N–H and O–H groups in total. The van der Waals surface area contributed by atoms with Gasteiger partial charge in [-0.2, -0.15) is 0 Å². The summed E-state index contributed by atoms with van der Waals surface area (Å²) in [4.78, 5) is 5.82. The summed E-state index contributed by atoms with van der Waals surface area (Å²) in [5, 5.41) is 11.0. The summed E-state index contributed by atoms with van der Waals surface area (Å²) in [7, 11) is 0. The molecule has 12 fully saturated rings. The number of aryl methyl sites for hydroxylation is 1. The Balaban J connectivity index is 0.000000133. The Bertz CT molecular complexity index is 2350. The van der Waals surface area contributed by atoms with Crippen LogP contribution in [-0.4, -0.2) is 101 Å². The van der Waals surface area contributed by atoms with Gasteiger partial charge in [0.2, 0.25) is 0 Å². The molecule has 8 saturated carbocycles. The second-order valence-corrected chi connectivity index (χ2v) is 28.2. The molecule has 0 aromatic heterocycles. The molecule has 6 spiro atoms. The number of ether oxygens (including phenoxy) is 6. The average molecular weight is 961 g/mol. The Kier molecular flexibility index (Phi) is 9.66. The predicted octanol–water partition coefficient (Wildman–Crippen LogP) is 11.4. The monoisotopic (exact) mass is 961 g/mol. The van der Waals surface area contributed by atoms with E-state index in [9.17, 15) is 5.11 Å². The van der Waals surface area contributed by atoms with Gasteiger partial charge in [0.1, 0.15) is 42.7 Å². The van der Waals surface area contributed by atoms with Crippen molar-refractivity contribution >= 4 is 0 Å². The van der Waals surface area contributed by atoms with Gasteiger partial charge in [-0.05, 0) is 169 Å². The molecule has 6 heterocycles. The summed E-state index contributed by atoms with van der Waals surface area (Å²) in [5.74, 6) is 4.77. The molecule has 9 heteroatoms. The molecule has 14 atom stereocenters. The molecule has 2 unspecified atom stereocenters. The van der Waals surface area contributed by atoms with Crippen LogP contribution in [0.15, 0.2) is 24.3 Å². The molecular formula is C61H88N2O7. The molecule has 8 bridgehead atoms. The van der Waals surface area contributed by atoms with Gasteiger partial charge in [0.25, 0.3) is 0 Å². The predicted molar refractivity (Wildman–Crippen MR) is 273 cm³/mol. The molecular weight excluding hydrogens is 873 g/mol. The normalized spacial score (nSPS) is 46.9. The van der Waals surface area contributed by atoms with Crippen LogP contribution in [0.3, 0.4) is 0 Å². The third-order valence-electron chi connectivity index (χ3n) is 24.5. The Morgan fingerprint density at radius 1 is 0.586 bits per heavy atom. The molecule has 70 heavy (non-hydrogen) atoms. The maximum Gasteiger partial charge on any atom is 0.165 e. The fourth-order valence-corrected chi connectivity index (χ4v) is 20.2.